The molecule has 0 unspecified atom stereocenters. The number of phenolic OH excluding ortho intramolecular Hbond substituents is 1. The van der Waals surface area contributed by atoms with Crippen LogP contribution in [0.1, 0.15) is 37.2 Å². The molecule has 1 fully saturated rings. The van der Waals surface area contributed by atoms with Gasteiger partial charge >= 0.3 is 0 Å². The molecule has 16 heavy (non-hydrogen) atoms. The Balaban J connectivity index is 2.23. The van der Waals surface area contributed by atoms with E-state index in [1.807, 2.05) is 12.1 Å². The highest BCUT2D eigenvalue weighted by Crippen LogP contribution is 2.41. The maximum absolute atomic E-state index is 10.1. The molecule has 1 N–H and O–H groups in total. The van der Waals surface area contributed by atoms with Crippen LogP contribution in [0.5, 0.6) is 5.75 Å². The maximum atomic E-state index is 10.1. The molecule has 2 aromatic carbocycles. The van der Waals surface area contributed by atoms with E-state index in [-0.39, 0.29) is 0 Å². The summed E-state index contributed by atoms with van der Waals surface area (Å²) >= 11 is 0. The minimum Gasteiger partial charge on any atom is -0.508 e. The van der Waals surface area contributed by atoms with Crippen molar-refractivity contribution in [1.82, 2.24) is 0 Å². The lowest BCUT2D eigenvalue weighted by Gasteiger charge is -2.14. The van der Waals surface area contributed by atoms with Gasteiger partial charge in [-0.1, -0.05) is 43.2 Å². The SMILES string of the molecule is Oc1ccc2ccccc2c1C1CCCC1. The molecule has 0 bridgehead atoms. The Morgan fingerprint density at radius 3 is 2.50 bits per heavy atom. The molecule has 82 valence electrons. The molecule has 0 saturated heterocycles. The second kappa shape index (κ2) is 3.82. The first-order valence-corrected chi connectivity index (χ1v) is 6.07. The van der Waals surface area contributed by atoms with Crippen molar-refractivity contribution in [2.45, 2.75) is 31.6 Å². The van der Waals surface area contributed by atoms with Gasteiger partial charge in [-0.15, -0.1) is 0 Å². The summed E-state index contributed by atoms with van der Waals surface area (Å²) < 4.78 is 0. The number of aromatic hydroxyl groups is 1. The average molecular weight is 212 g/mol. The lowest BCUT2D eigenvalue weighted by Crippen LogP contribution is -1.94. The van der Waals surface area contributed by atoms with Crippen molar-refractivity contribution in [2.24, 2.45) is 0 Å². The summed E-state index contributed by atoms with van der Waals surface area (Å²) in [7, 11) is 0. The minimum absolute atomic E-state index is 0.477. The molecular weight excluding hydrogens is 196 g/mol. The third-order valence-corrected chi connectivity index (χ3v) is 3.71. The van der Waals surface area contributed by atoms with Crippen molar-refractivity contribution in [3.05, 3.63) is 42.0 Å². The van der Waals surface area contributed by atoms with Crippen molar-refractivity contribution >= 4 is 10.8 Å². The van der Waals surface area contributed by atoms with Crippen LogP contribution in [0.2, 0.25) is 0 Å². The Bertz CT molecular complexity index is 510. The van der Waals surface area contributed by atoms with Crippen LogP contribution in [-0.2, 0) is 0 Å². The predicted octanol–water partition coefficient (Wildman–Crippen LogP) is 4.20. The third-order valence-electron chi connectivity index (χ3n) is 3.71. The molecule has 0 radical (unpaired) electrons. The quantitative estimate of drug-likeness (QED) is 0.751. The minimum atomic E-state index is 0.477. The van der Waals surface area contributed by atoms with Gasteiger partial charge in [-0.05, 0) is 35.6 Å². The molecule has 0 amide bonds. The molecule has 1 aliphatic carbocycles. The molecule has 1 nitrogen and oxygen atoms in total. The summed E-state index contributed by atoms with van der Waals surface area (Å²) in [6.45, 7) is 0. The van der Waals surface area contributed by atoms with Crippen LogP contribution in [-0.4, -0.2) is 5.11 Å². The topological polar surface area (TPSA) is 20.2 Å². The van der Waals surface area contributed by atoms with E-state index < -0.39 is 0 Å². The monoisotopic (exact) mass is 212 g/mol. The number of fused-ring (bicyclic) bond motifs is 1. The van der Waals surface area contributed by atoms with Crippen LogP contribution in [0, 0.1) is 0 Å². The van der Waals surface area contributed by atoms with E-state index >= 15 is 0 Å². The summed E-state index contributed by atoms with van der Waals surface area (Å²) in [4.78, 5) is 0. The van der Waals surface area contributed by atoms with E-state index in [0.29, 0.717) is 11.7 Å². The van der Waals surface area contributed by atoms with E-state index in [9.17, 15) is 5.11 Å². The van der Waals surface area contributed by atoms with E-state index in [4.69, 9.17) is 0 Å². The molecule has 0 aliphatic heterocycles. The standard InChI is InChI=1S/C15H16O/c16-14-10-9-11-5-3-4-8-13(11)15(14)12-6-1-2-7-12/h3-5,8-10,12,16H,1-2,6-7H2. The summed E-state index contributed by atoms with van der Waals surface area (Å²) in [6.07, 6.45) is 5.05. The number of benzene rings is 2. The van der Waals surface area contributed by atoms with E-state index in [2.05, 4.69) is 24.3 Å². The molecule has 1 aliphatic rings. The van der Waals surface area contributed by atoms with Gasteiger partial charge in [0.25, 0.3) is 0 Å². The lowest BCUT2D eigenvalue weighted by molar-refractivity contribution is 0.463. The van der Waals surface area contributed by atoms with Crippen molar-refractivity contribution in [2.75, 3.05) is 0 Å². The first kappa shape index (κ1) is 9.71. The Hall–Kier alpha value is -1.50. The van der Waals surface area contributed by atoms with Crippen LogP contribution < -0.4 is 0 Å². The molecule has 2 aromatic rings. The van der Waals surface area contributed by atoms with Crippen LogP contribution >= 0.6 is 0 Å². The van der Waals surface area contributed by atoms with Gasteiger partial charge in [-0.3, -0.25) is 0 Å². The smallest absolute Gasteiger partial charge is 0.119 e. The Labute approximate surface area is 95.7 Å². The Kier molecular flexibility index (Phi) is 2.32. The summed E-state index contributed by atoms with van der Waals surface area (Å²) in [6, 6.07) is 12.2. The maximum Gasteiger partial charge on any atom is 0.119 e. The van der Waals surface area contributed by atoms with Gasteiger partial charge in [-0.2, -0.15) is 0 Å². The van der Waals surface area contributed by atoms with Crippen molar-refractivity contribution < 1.29 is 5.11 Å². The third kappa shape index (κ3) is 1.47. The zero-order valence-electron chi connectivity index (χ0n) is 9.32. The van der Waals surface area contributed by atoms with E-state index in [0.717, 1.165) is 0 Å². The van der Waals surface area contributed by atoms with Gasteiger partial charge in [0.15, 0.2) is 0 Å². The van der Waals surface area contributed by atoms with E-state index in [1.54, 1.807) is 0 Å². The van der Waals surface area contributed by atoms with Gasteiger partial charge in [0.2, 0.25) is 0 Å². The second-order valence-corrected chi connectivity index (χ2v) is 4.70. The summed E-state index contributed by atoms with van der Waals surface area (Å²) in [5, 5.41) is 12.5. The highest BCUT2D eigenvalue weighted by Gasteiger charge is 2.21. The fraction of sp³-hybridized carbons (Fsp3) is 0.333. The fourth-order valence-electron chi connectivity index (χ4n) is 2.93. The lowest BCUT2D eigenvalue weighted by atomic mass is 9.91. The highest BCUT2D eigenvalue weighted by molar-refractivity contribution is 5.88. The van der Waals surface area contributed by atoms with Crippen molar-refractivity contribution in [1.29, 1.82) is 0 Å². The van der Waals surface area contributed by atoms with E-state index in [1.165, 1.54) is 42.0 Å². The van der Waals surface area contributed by atoms with Gasteiger partial charge in [0.05, 0.1) is 0 Å². The molecule has 0 spiro atoms. The predicted molar refractivity (Wildman–Crippen MR) is 66.8 cm³/mol. The number of rotatable bonds is 1. The normalized spacial score (nSPS) is 17.0. The van der Waals surface area contributed by atoms with Crippen LogP contribution in [0.3, 0.4) is 0 Å². The number of hydrogen-bond donors (Lipinski definition) is 1. The molecule has 3 rings (SSSR count). The summed E-state index contributed by atoms with van der Waals surface area (Å²) in [5.74, 6) is 1.04. The Morgan fingerprint density at radius 2 is 1.69 bits per heavy atom. The first-order chi connectivity index (χ1) is 7.86. The highest BCUT2D eigenvalue weighted by atomic mass is 16.3. The van der Waals surface area contributed by atoms with Gasteiger partial charge in [-0.25, -0.2) is 0 Å². The van der Waals surface area contributed by atoms with Crippen LogP contribution in [0.25, 0.3) is 10.8 Å². The van der Waals surface area contributed by atoms with Gasteiger partial charge in [0.1, 0.15) is 5.75 Å². The van der Waals surface area contributed by atoms with Gasteiger partial charge < -0.3 is 5.11 Å². The van der Waals surface area contributed by atoms with Crippen LogP contribution in [0.4, 0.5) is 0 Å². The van der Waals surface area contributed by atoms with Gasteiger partial charge in [0, 0.05) is 5.56 Å². The van der Waals surface area contributed by atoms with Crippen molar-refractivity contribution in [3.8, 4) is 5.75 Å². The average Bonchev–Trinajstić information content (AvgIpc) is 2.82. The largest absolute Gasteiger partial charge is 0.508 e. The molecule has 0 heterocycles. The Morgan fingerprint density at radius 1 is 0.938 bits per heavy atom. The number of phenols is 1. The van der Waals surface area contributed by atoms with Crippen LogP contribution in [0.15, 0.2) is 36.4 Å². The zero-order chi connectivity index (χ0) is 11.0. The number of hydrogen-bond acceptors (Lipinski definition) is 1. The molecular formula is C15H16O. The fourth-order valence-corrected chi connectivity index (χ4v) is 2.93. The molecule has 0 aromatic heterocycles. The zero-order valence-corrected chi connectivity index (χ0v) is 9.32. The summed E-state index contributed by atoms with van der Waals surface area (Å²) in [5.41, 5.74) is 1.18. The second-order valence-electron chi connectivity index (χ2n) is 4.70. The molecule has 0 atom stereocenters. The van der Waals surface area contributed by atoms with Crippen molar-refractivity contribution in [3.63, 3.8) is 0 Å². The molecule has 1 heteroatoms. The first-order valence-electron chi connectivity index (χ1n) is 6.07. The molecule has 1 saturated carbocycles.